The lowest BCUT2D eigenvalue weighted by atomic mass is 9.82. The van der Waals surface area contributed by atoms with Gasteiger partial charge in [-0.1, -0.05) is 85.5 Å². The Kier molecular flexibility index (Phi) is 5.50. The van der Waals surface area contributed by atoms with Crippen LogP contribution in [0, 0.1) is 6.92 Å². The molecule has 5 aromatic rings. The van der Waals surface area contributed by atoms with Crippen LogP contribution in [0.15, 0.2) is 121 Å². The van der Waals surface area contributed by atoms with E-state index in [1.54, 1.807) is 12.3 Å². The number of pyridine rings is 1. The fourth-order valence-electron chi connectivity index (χ4n) is 5.35. The largest absolute Gasteiger partial charge is 0.507 e. The number of phenols is 1. The van der Waals surface area contributed by atoms with Gasteiger partial charge in [-0.2, -0.15) is 0 Å². The number of hydrogen-bond acceptors (Lipinski definition) is 2. The number of hydrogen-bond donors (Lipinski definition) is 1. The number of nitrogens with zero attached hydrogens (tertiary/aromatic N) is 1. The number of fused-ring (bicyclic) bond motifs is 2. The Morgan fingerprint density at radius 2 is 1.69 bits per heavy atom. The first-order valence-corrected chi connectivity index (χ1v) is 12.4. The molecule has 36 heavy (non-hydrogen) atoms. The minimum atomic E-state index is 0.245. The number of aryl methyl sites for hydroxylation is 1. The topological polar surface area (TPSA) is 33.1 Å². The molecule has 0 atom stereocenters. The van der Waals surface area contributed by atoms with Gasteiger partial charge in [-0.3, -0.25) is 4.98 Å². The zero-order chi connectivity index (χ0) is 24.6. The fourth-order valence-corrected chi connectivity index (χ4v) is 5.35. The van der Waals surface area contributed by atoms with Crippen molar-refractivity contribution in [3.05, 3.63) is 138 Å². The van der Waals surface area contributed by atoms with E-state index < -0.39 is 0 Å². The summed E-state index contributed by atoms with van der Waals surface area (Å²) in [4.78, 5) is 4.63. The molecule has 0 radical (unpaired) electrons. The van der Waals surface area contributed by atoms with Crippen LogP contribution in [-0.4, -0.2) is 10.1 Å². The molecule has 174 valence electrons. The second kappa shape index (κ2) is 8.98. The van der Waals surface area contributed by atoms with Gasteiger partial charge in [0.1, 0.15) is 5.75 Å². The van der Waals surface area contributed by atoms with Crippen molar-refractivity contribution in [1.82, 2.24) is 4.98 Å². The number of phenolic OH excluding ortho intramolecular Hbond substituents is 1. The zero-order valence-electron chi connectivity index (χ0n) is 20.3. The zero-order valence-corrected chi connectivity index (χ0v) is 20.3. The molecule has 1 aromatic heterocycles. The molecule has 0 spiro atoms. The molecule has 2 nitrogen and oxygen atoms in total. The molecule has 6 rings (SSSR count). The fraction of sp³-hybridized carbons (Fsp3) is 0.0882. The third-order valence-electron chi connectivity index (χ3n) is 7.22. The smallest absolute Gasteiger partial charge is 0.123 e. The van der Waals surface area contributed by atoms with Crippen LogP contribution in [0.3, 0.4) is 0 Å². The lowest BCUT2D eigenvalue weighted by molar-refractivity contribution is 0.477. The second-order valence-electron chi connectivity index (χ2n) is 9.41. The molecule has 2 heteroatoms. The molecule has 1 aliphatic rings. The lowest BCUT2D eigenvalue weighted by Gasteiger charge is -2.22. The van der Waals surface area contributed by atoms with Gasteiger partial charge in [0.15, 0.2) is 0 Å². The highest BCUT2D eigenvalue weighted by Gasteiger charge is 2.19. The monoisotopic (exact) mass is 465 g/mol. The summed E-state index contributed by atoms with van der Waals surface area (Å²) < 4.78 is 0. The molecule has 0 saturated heterocycles. The summed E-state index contributed by atoms with van der Waals surface area (Å²) in [6.45, 7) is 6.63. The maximum Gasteiger partial charge on any atom is 0.123 e. The van der Waals surface area contributed by atoms with Crippen LogP contribution in [0.4, 0.5) is 0 Å². The molecule has 0 unspecified atom stereocenters. The Morgan fingerprint density at radius 1 is 0.861 bits per heavy atom. The standard InChI is InChI=1S/C34H27NO/c1-22-9-3-5-13-27(22)33(29-18-16-24-10-4-6-14-28(24)23(29)2)26-17-19-32(36)31(21-26)30-15-7-11-25-12-8-20-35-34(25)30/h4-8,10-21,36H,1,3,9H2,2H3/b33-27-. The van der Waals surface area contributed by atoms with Crippen LogP contribution >= 0.6 is 0 Å². The first-order chi connectivity index (χ1) is 17.6. The van der Waals surface area contributed by atoms with Crippen molar-refractivity contribution in [1.29, 1.82) is 0 Å². The van der Waals surface area contributed by atoms with Crippen LogP contribution in [-0.2, 0) is 0 Å². The van der Waals surface area contributed by atoms with Crippen molar-refractivity contribution in [3.63, 3.8) is 0 Å². The van der Waals surface area contributed by atoms with Crippen molar-refractivity contribution in [2.45, 2.75) is 19.8 Å². The highest BCUT2D eigenvalue weighted by molar-refractivity contribution is 5.99. The van der Waals surface area contributed by atoms with E-state index in [2.05, 4.69) is 85.2 Å². The average molecular weight is 466 g/mol. The highest BCUT2D eigenvalue weighted by Crippen LogP contribution is 2.41. The summed E-state index contributed by atoms with van der Waals surface area (Å²) in [6.07, 6.45) is 8.20. The Balaban J connectivity index is 1.64. The van der Waals surface area contributed by atoms with Gasteiger partial charge in [-0.25, -0.2) is 0 Å². The normalized spacial score (nSPS) is 15.0. The van der Waals surface area contributed by atoms with E-state index in [9.17, 15) is 5.11 Å². The molecule has 0 aliphatic heterocycles. The number of para-hydroxylation sites is 1. The minimum Gasteiger partial charge on any atom is -0.507 e. The van der Waals surface area contributed by atoms with Crippen molar-refractivity contribution < 1.29 is 5.11 Å². The summed E-state index contributed by atoms with van der Waals surface area (Å²) in [6, 6.07) is 29.0. The summed E-state index contributed by atoms with van der Waals surface area (Å²) in [7, 11) is 0. The number of aromatic nitrogens is 1. The number of rotatable bonds is 3. The van der Waals surface area contributed by atoms with Crippen LogP contribution < -0.4 is 0 Å². The van der Waals surface area contributed by atoms with Gasteiger partial charge in [0.2, 0.25) is 0 Å². The summed E-state index contributed by atoms with van der Waals surface area (Å²) in [5.74, 6) is 0.245. The third kappa shape index (κ3) is 3.72. The van der Waals surface area contributed by atoms with Crippen LogP contribution in [0.2, 0.25) is 0 Å². The molecule has 0 fully saturated rings. The summed E-state index contributed by atoms with van der Waals surface area (Å²) in [5.41, 5.74) is 9.50. The molecular formula is C34H27NO. The Labute approximate surface area is 211 Å². The van der Waals surface area contributed by atoms with Gasteiger partial charge < -0.3 is 5.11 Å². The van der Waals surface area contributed by atoms with E-state index in [4.69, 9.17) is 0 Å². The molecule has 1 N–H and O–H groups in total. The maximum absolute atomic E-state index is 11.0. The van der Waals surface area contributed by atoms with Crippen LogP contribution in [0.25, 0.3) is 38.4 Å². The first-order valence-electron chi connectivity index (χ1n) is 12.4. The van der Waals surface area contributed by atoms with E-state index >= 15 is 0 Å². The molecule has 1 heterocycles. The lowest BCUT2D eigenvalue weighted by Crippen LogP contribution is -2.01. The minimum absolute atomic E-state index is 0.245. The number of allylic oxidation sites excluding steroid dienone is 4. The second-order valence-corrected chi connectivity index (χ2v) is 9.41. The molecule has 0 amide bonds. The highest BCUT2D eigenvalue weighted by atomic mass is 16.3. The van der Waals surface area contributed by atoms with Gasteiger partial charge in [-0.05, 0) is 82.1 Å². The first kappa shape index (κ1) is 22.1. The predicted molar refractivity (Wildman–Crippen MR) is 151 cm³/mol. The Hall–Kier alpha value is -4.43. The van der Waals surface area contributed by atoms with Gasteiger partial charge in [0.25, 0.3) is 0 Å². The number of aromatic hydroxyl groups is 1. The summed E-state index contributed by atoms with van der Waals surface area (Å²) in [5, 5.41) is 14.5. The third-order valence-corrected chi connectivity index (χ3v) is 7.22. The maximum atomic E-state index is 11.0. The quantitative estimate of drug-likeness (QED) is 0.289. The van der Waals surface area contributed by atoms with E-state index in [0.29, 0.717) is 0 Å². The van der Waals surface area contributed by atoms with Gasteiger partial charge in [-0.15, -0.1) is 0 Å². The average Bonchev–Trinajstić information content (AvgIpc) is 2.92. The van der Waals surface area contributed by atoms with Gasteiger partial charge in [0, 0.05) is 22.7 Å². The Bertz CT molecular complexity index is 1720. The van der Waals surface area contributed by atoms with Crippen LogP contribution in [0.5, 0.6) is 5.75 Å². The van der Waals surface area contributed by atoms with Crippen molar-refractivity contribution >= 4 is 27.2 Å². The SMILES string of the molecule is C=C1CCC=C/C1=C(\c1ccc(O)c(-c2cccc3cccnc23)c1)c1ccc2ccccc2c1C. The Morgan fingerprint density at radius 3 is 2.58 bits per heavy atom. The van der Waals surface area contributed by atoms with E-state index in [-0.39, 0.29) is 5.75 Å². The molecule has 0 saturated carbocycles. The predicted octanol–water partition coefficient (Wildman–Crippen LogP) is 8.78. The van der Waals surface area contributed by atoms with Crippen molar-refractivity contribution in [2.75, 3.05) is 0 Å². The molecule has 0 bridgehead atoms. The molecule has 4 aromatic carbocycles. The van der Waals surface area contributed by atoms with E-state index in [1.165, 1.54) is 21.9 Å². The molecular weight excluding hydrogens is 438 g/mol. The van der Waals surface area contributed by atoms with Crippen molar-refractivity contribution in [2.24, 2.45) is 0 Å². The van der Waals surface area contributed by atoms with E-state index in [1.807, 2.05) is 24.3 Å². The summed E-state index contributed by atoms with van der Waals surface area (Å²) >= 11 is 0. The van der Waals surface area contributed by atoms with Gasteiger partial charge in [0.05, 0.1) is 5.52 Å². The number of benzene rings is 4. The van der Waals surface area contributed by atoms with Crippen LogP contribution in [0.1, 0.15) is 29.5 Å². The van der Waals surface area contributed by atoms with Crippen molar-refractivity contribution in [3.8, 4) is 16.9 Å². The van der Waals surface area contributed by atoms with E-state index in [0.717, 1.165) is 57.2 Å². The molecule has 1 aliphatic carbocycles. The van der Waals surface area contributed by atoms with Gasteiger partial charge >= 0.3 is 0 Å².